The Balaban J connectivity index is 2.38. The van der Waals surface area contributed by atoms with Crippen LogP contribution in [0.5, 0.6) is 5.75 Å². The number of phenols is 1. The number of carbonyl (C=O) groups is 11. The van der Waals surface area contributed by atoms with E-state index in [-0.39, 0.29) is 101 Å². The molecule has 0 aromatic heterocycles. The number of rotatable bonds is 42. The number of nitrogens with two attached hydrogens (primary N) is 6. The quantitative estimate of drug-likeness (QED) is 0.0164. The Morgan fingerprint density at radius 2 is 0.989 bits per heavy atom. The van der Waals surface area contributed by atoms with Crippen LogP contribution >= 0.6 is 0 Å². The van der Waals surface area contributed by atoms with Crippen LogP contribution in [0.25, 0.3) is 0 Å². The standard InChI is InChI=1S/C53H90N20O15/c1-26(2)21-34(41(55)79)67-43(81)32(12-9-19-61-51(56)57)65-46(84)35(22-29-14-16-30(76)17-15-29)68-44(82)31(11-7-8-18-54)64-47(85)36(23-39(77)78)69-50(88)40(28(4)75)71-42(80)27(3)63-49(87)38(25-74)70-45(83)33(13-10-20-62-52(58)59)66-48(86)37(60-6)24-53(5)72-73-53/h14-17,26-28,31-38,40,60,74-76H,7-13,18-25,54H2,1-6H3,(H2,55,79)(H,63,87)(H,64,85)(H,65,84)(H,66,86)(H,67,81)(H,68,82)(H,69,88)(H,70,83)(H,71,80)(H,77,78)(H4,56,57,61)(H4,58,59,62)/t27-,28+,31-,32-,33-,34-,35-,36-,37-,38-,40-/m0/s1. The highest BCUT2D eigenvalue weighted by atomic mass is 16.4. The van der Waals surface area contributed by atoms with E-state index in [1.165, 1.54) is 31.3 Å². The van der Waals surface area contributed by atoms with Gasteiger partial charge in [-0.3, -0.25) is 62.7 Å². The number of aliphatic imine (C=N–C) groups is 2. The highest BCUT2D eigenvalue weighted by Gasteiger charge is 2.40. The molecule has 1 heterocycles. The Bertz CT molecular complexity index is 2630. The third-order valence-corrected chi connectivity index (χ3v) is 13.5. The van der Waals surface area contributed by atoms with E-state index in [4.69, 9.17) is 34.4 Å². The molecule has 2 rings (SSSR count). The first kappa shape index (κ1) is 75.3. The molecule has 1 aliphatic rings. The van der Waals surface area contributed by atoms with E-state index in [0.717, 1.165) is 13.8 Å². The van der Waals surface area contributed by atoms with Crippen molar-refractivity contribution in [1.29, 1.82) is 0 Å². The molecule has 26 N–H and O–H groups in total. The number of unbranched alkanes of at least 4 members (excludes halogenated alkanes) is 1. The normalized spacial score (nSPS) is 15.8. The lowest BCUT2D eigenvalue weighted by Gasteiger charge is -2.28. The summed E-state index contributed by atoms with van der Waals surface area (Å²) in [6.07, 6.45) is -2.33. The molecule has 0 saturated heterocycles. The number of benzene rings is 1. The number of carbonyl (C=O) groups excluding carboxylic acids is 10. The van der Waals surface area contributed by atoms with Gasteiger partial charge in [-0.1, -0.05) is 26.0 Å². The molecule has 0 aliphatic carbocycles. The Kier molecular flexibility index (Phi) is 32.2. The smallest absolute Gasteiger partial charge is 0.305 e. The zero-order valence-corrected chi connectivity index (χ0v) is 50.4. The van der Waals surface area contributed by atoms with Crippen LogP contribution < -0.4 is 87.6 Å². The Hall–Kier alpha value is -8.83. The number of aliphatic hydroxyl groups excluding tert-OH is 2. The molecule has 1 aromatic carbocycles. The molecule has 0 fully saturated rings. The maximum atomic E-state index is 14.4. The molecule has 35 nitrogen and oxygen atoms in total. The number of phenolic OH excluding ortho intramolecular Hbond substituents is 1. The molecule has 0 unspecified atom stereocenters. The van der Waals surface area contributed by atoms with Crippen LogP contribution in [0.1, 0.15) is 104 Å². The predicted molar refractivity (Wildman–Crippen MR) is 318 cm³/mol. The van der Waals surface area contributed by atoms with Gasteiger partial charge < -0.3 is 108 Å². The van der Waals surface area contributed by atoms with E-state index < -0.39 is 150 Å². The molecule has 35 heteroatoms. The Labute approximate surface area is 508 Å². The molecule has 0 bridgehead atoms. The Morgan fingerprint density at radius 3 is 1.42 bits per heavy atom. The van der Waals surface area contributed by atoms with Gasteiger partial charge in [-0.2, -0.15) is 10.2 Å². The molecular weight excluding hydrogens is 1160 g/mol. The number of carboxylic acids is 1. The number of aliphatic hydroxyl groups is 2. The third kappa shape index (κ3) is 28.1. The lowest BCUT2D eigenvalue weighted by Crippen LogP contribution is -2.62. The monoisotopic (exact) mass is 1250 g/mol. The van der Waals surface area contributed by atoms with E-state index in [1.807, 2.05) is 0 Å². The van der Waals surface area contributed by atoms with E-state index in [0.29, 0.717) is 12.0 Å². The number of aliphatic carboxylic acids is 1. The zero-order chi connectivity index (χ0) is 66.4. The molecule has 88 heavy (non-hydrogen) atoms. The van der Waals surface area contributed by atoms with Gasteiger partial charge in [-0.05, 0) is 109 Å². The minimum absolute atomic E-state index is 0.0320. The molecular formula is C53H90N20O15. The highest BCUT2D eigenvalue weighted by Crippen LogP contribution is 2.32. The van der Waals surface area contributed by atoms with Crippen molar-refractivity contribution in [2.24, 2.45) is 60.5 Å². The lowest BCUT2D eigenvalue weighted by atomic mass is 10.0. The van der Waals surface area contributed by atoms with E-state index in [9.17, 15) is 73.2 Å². The fraction of sp³-hybridized carbons (Fsp3) is 0.642. The SMILES string of the molecule is CN[C@@H](CC1(C)N=N1)C(=O)N[C@@H](CCCN=C(N)N)C(=O)N[C@@H](CO)C(=O)N[C@@H](C)C(=O)N[C@H](C(=O)N[C@@H](CC(=O)O)C(=O)N[C@@H](CCCCN)C(=O)N[C@@H](Cc1ccc(O)cc1)C(=O)N[C@@H](CCCN=C(N)N)C(=O)N[C@@H](CC(C)C)C(N)=O)[C@@H](C)O. The van der Waals surface area contributed by atoms with Crippen molar-refractivity contribution in [1.82, 2.24) is 53.2 Å². The number of amides is 10. The highest BCUT2D eigenvalue weighted by molar-refractivity contribution is 5.99. The number of hydrogen-bond donors (Lipinski definition) is 20. The third-order valence-electron chi connectivity index (χ3n) is 13.5. The number of aromatic hydroxyl groups is 1. The van der Waals surface area contributed by atoms with E-state index >= 15 is 0 Å². The maximum Gasteiger partial charge on any atom is 0.305 e. The molecule has 492 valence electrons. The first-order valence-electron chi connectivity index (χ1n) is 28.6. The number of primary amides is 1. The van der Waals surface area contributed by atoms with Gasteiger partial charge in [0.05, 0.1) is 25.2 Å². The van der Waals surface area contributed by atoms with Crippen LogP contribution in [0.4, 0.5) is 0 Å². The molecule has 0 spiro atoms. The summed E-state index contributed by atoms with van der Waals surface area (Å²) in [6.45, 7) is 6.71. The van der Waals surface area contributed by atoms with Crippen LogP contribution in [0.15, 0.2) is 44.5 Å². The summed E-state index contributed by atoms with van der Waals surface area (Å²) < 4.78 is 0. The summed E-state index contributed by atoms with van der Waals surface area (Å²) in [4.78, 5) is 157. The molecule has 1 aromatic rings. The van der Waals surface area contributed by atoms with Crippen molar-refractivity contribution >= 4 is 77.0 Å². The van der Waals surface area contributed by atoms with Gasteiger partial charge >= 0.3 is 5.97 Å². The number of nitrogens with zero attached hydrogens (tertiary/aromatic N) is 4. The zero-order valence-electron chi connectivity index (χ0n) is 50.4. The van der Waals surface area contributed by atoms with Crippen LogP contribution in [0.2, 0.25) is 0 Å². The minimum atomic E-state index is -2.01. The average molecular weight is 1250 g/mol. The van der Waals surface area contributed by atoms with Crippen LogP contribution in [-0.4, -0.2) is 203 Å². The van der Waals surface area contributed by atoms with Gasteiger partial charge in [0.15, 0.2) is 17.6 Å². The van der Waals surface area contributed by atoms with Gasteiger partial charge in [-0.25, -0.2) is 0 Å². The van der Waals surface area contributed by atoms with Crippen LogP contribution in [0, 0.1) is 5.92 Å². The number of guanidine groups is 2. The first-order valence-corrected chi connectivity index (χ1v) is 28.6. The fourth-order valence-electron chi connectivity index (χ4n) is 8.52. The second-order valence-corrected chi connectivity index (χ2v) is 21.7. The summed E-state index contributed by atoms with van der Waals surface area (Å²) in [5.74, 6) is -12.2. The number of nitrogens with one attached hydrogen (secondary N) is 10. The molecule has 1 aliphatic heterocycles. The van der Waals surface area contributed by atoms with E-state index in [2.05, 4.69) is 73.4 Å². The molecule has 11 atom stereocenters. The van der Waals surface area contributed by atoms with Crippen molar-refractivity contribution < 1.29 is 73.2 Å². The van der Waals surface area contributed by atoms with Gasteiger partial charge in [-0.15, -0.1) is 0 Å². The largest absolute Gasteiger partial charge is 0.508 e. The summed E-state index contributed by atoms with van der Waals surface area (Å²) in [7, 11) is 1.52. The van der Waals surface area contributed by atoms with Crippen molar-refractivity contribution in [3.63, 3.8) is 0 Å². The van der Waals surface area contributed by atoms with Crippen LogP contribution in [0.3, 0.4) is 0 Å². The fourth-order valence-corrected chi connectivity index (χ4v) is 8.52. The van der Waals surface area contributed by atoms with Gasteiger partial charge in [0.25, 0.3) is 0 Å². The second kappa shape index (κ2) is 37.7. The number of carboxylic acid groups (broad SMARTS) is 1. The molecule has 0 radical (unpaired) electrons. The van der Waals surface area contributed by atoms with E-state index in [1.54, 1.807) is 20.8 Å². The summed E-state index contributed by atoms with van der Waals surface area (Å²) in [5.41, 5.74) is 32.7. The van der Waals surface area contributed by atoms with Gasteiger partial charge in [0, 0.05) is 25.9 Å². The first-order chi connectivity index (χ1) is 41.3. The lowest BCUT2D eigenvalue weighted by molar-refractivity contribution is -0.142. The van der Waals surface area contributed by atoms with Crippen LogP contribution in [-0.2, 0) is 59.2 Å². The summed E-state index contributed by atoms with van der Waals surface area (Å²) in [6, 6.07) is -9.46. The van der Waals surface area contributed by atoms with Crippen molar-refractivity contribution in [2.75, 3.05) is 33.3 Å². The van der Waals surface area contributed by atoms with Crippen molar-refractivity contribution in [2.45, 2.75) is 177 Å². The van der Waals surface area contributed by atoms with Crippen molar-refractivity contribution in [3.8, 4) is 5.75 Å². The average Bonchev–Trinajstić information content (AvgIpc) is 4.38. The summed E-state index contributed by atoms with van der Waals surface area (Å²) >= 11 is 0. The molecule has 0 saturated carbocycles. The van der Waals surface area contributed by atoms with Gasteiger partial charge in [0.2, 0.25) is 59.1 Å². The van der Waals surface area contributed by atoms with Crippen molar-refractivity contribution in [3.05, 3.63) is 29.8 Å². The topological polar surface area (TPSA) is 595 Å². The number of hydrogen-bond acceptors (Lipinski definition) is 20. The second-order valence-electron chi connectivity index (χ2n) is 21.7. The molecule has 10 amide bonds. The predicted octanol–water partition coefficient (Wildman–Crippen LogP) is -6.91. The minimum Gasteiger partial charge on any atom is -0.508 e. The number of likely N-dealkylation sites (N-methyl/N-ethyl adjacent to an activating group) is 1. The maximum absolute atomic E-state index is 14.4. The van der Waals surface area contributed by atoms with Gasteiger partial charge in [0.1, 0.15) is 60.1 Å². The summed E-state index contributed by atoms with van der Waals surface area (Å²) in [5, 5.41) is 73.2. The Morgan fingerprint density at radius 1 is 0.557 bits per heavy atom.